The smallest absolute Gasteiger partial charge is 0.343 e. The Kier molecular flexibility index (Phi) is 6.91. The van der Waals surface area contributed by atoms with Gasteiger partial charge in [-0.05, 0) is 53.7 Å². The fourth-order valence-electron chi connectivity index (χ4n) is 2.61. The molecule has 0 aromatic heterocycles. The van der Waals surface area contributed by atoms with E-state index < -0.39 is 17.1 Å². The summed E-state index contributed by atoms with van der Waals surface area (Å²) in [5, 5.41) is 0.137. The molecule has 0 bridgehead atoms. The third-order valence-corrected chi connectivity index (χ3v) is 5.36. The number of hydrogen-bond acceptors (Lipinski definition) is 7. The van der Waals surface area contributed by atoms with E-state index >= 15 is 0 Å². The molecule has 1 heterocycles. The minimum atomic E-state index is -0.577. The maximum atomic E-state index is 12.8. The van der Waals surface area contributed by atoms with E-state index in [0.717, 1.165) is 16.7 Å². The van der Waals surface area contributed by atoms with Gasteiger partial charge in [-0.15, -0.1) is 0 Å². The topological polar surface area (TPSA) is 82.1 Å². The quantitative estimate of drug-likeness (QED) is 0.445. The molecule has 2 aromatic carbocycles. The molecule has 1 aliphatic heterocycles. The molecule has 2 amide bonds. The minimum Gasteiger partial charge on any atom is -0.493 e. The number of nitrogens with zero attached hydrogens (tertiary/aromatic N) is 1. The number of hydrogen-bond donors (Lipinski definition) is 0. The number of anilines is 1. The van der Waals surface area contributed by atoms with E-state index in [1.54, 1.807) is 24.3 Å². The molecule has 3 rings (SSSR count). The van der Waals surface area contributed by atoms with Crippen LogP contribution in [0.1, 0.15) is 5.56 Å². The van der Waals surface area contributed by atoms with E-state index in [1.165, 1.54) is 32.4 Å². The molecule has 0 atom stereocenters. The van der Waals surface area contributed by atoms with Crippen molar-refractivity contribution in [3.05, 3.63) is 56.9 Å². The predicted octanol–water partition coefficient (Wildman–Crippen LogP) is 4.79. The molecule has 1 fully saturated rings. The van der Waals surface area contributed by atoms with E-state index in [0.29, 0.717) is 16.3 Å². The van der Waals surface area contributed by atoms with Crippen LogP contribution in [0.25, 0.3) is 6.08 Å². The monoisotopic (exact) mass is 467 g/mol. The normalized spacial score (nSPS) is 14.9. The second kappa shape index (κ2) is 9.42. The highest BCUT2D eigenvalue weighted by molar-refractivity contribution is 8.19. The van der Waals surface area contributed by atoms with E-state index in [9.17, 15) is 14.4 Å². The zero-order valence-electron chi connectivity index (χ0n) is 15.8. The molecule has 1 aliphatic rings. The lowest BCUT2D eigenvalue weighted by molar-refractivity contribution is -0.142. The van der Waals surface area contributed by atoms with Crippen molar-refractivity contribution in [2.75, 3.05) is 25.7 Å². The molecule has 0 saturated carbocycles. The highest BCUT2D eigenvalue weighted by atomic mass is 35.5. The number of ether oxygens (including phenoxy) is 3. The molecule has 0 aliphatic carbocycles. The Morgan fingerprint density at radius 1 is 1.17 bits per heavy atom. The Labute approximate surface area is 186 Å². The number of carbonyl (C=O) groups excluding carboxylic acids is 3. The fourth-order valence-corrected chi connectivity index (χ4v) is 3.91. The Balaban J connectivity index is 1.89. The van der Waals surface area contributed by atoms with Crippen LogP contribution in [0, 0.1) is 0 Å². The molecule has 0 N–H and O–H groups in total. The van der Waals surface area contributed by atoms with Crippen LogP contribution in [-0.2, 0) is 14.3 Å². The lowest BCUT2D eigenvalue weighted by Gasteiger charge is -2.13. The van der Waals surface area contributed by atoms with Crippen molar-refractivity contribution in [1.29, 1.82) is 0 Å². The van der Waals surface area contributed by atoms with Gasteiger partial charge in [0.1, 0.15) is 0 Å². The molecule has 0 spiro atoms. The molecule has 1 saturated heterocycles. The van der Waals surface area contributed by atoms with Gasteiger partial charge in [0.05, 0.1) is 29.8 Å². The molecule has 30 heavy (non-hydrogen) atoms. The SMILES string of the molecule is COC(=O)COc1c(Cl)cc(/C=C2/SC(=O)N(c3cccc(Cl)c3)C2=O)cc1OC. The van der Waals surface area contributed by atoms with Gasteiger partial charge in [0.15, 0.2) is 18.1 Å². The maximum Gasteiger partial charge on any atom is 0.343 e. The number of amides is 2. The van der Waals surface area contributed by atoms with Crippen LogP contribution in [0.15, 0.2) is 41.3 Å². The second-order valence-electron chi connectivity index (χ2n) is 5.90. The van der Waals surface area contributed by atoms with Crippen molar-refractivity contribution in [2.45, 2.75) is 0 Å². The summed E-state index contributed by atoms with van der Waals surface area (Å²) in [4.78, 5) is 37.7. The van der Waals surface area contributed by atoms with E-state index in [4.69, 9.17) is 32.7 Å². The van der Waals surface area contributed by atoms with Gasteiger partial charge in [0, 0.05) is 5.02 Å². The second-order valence-corrected chi connectivity index (χ2v) is 7.73. The molecule has 0 unspecified atom stereocenters. The number of benzene rings is 2. The van der Waals surface area contributed by atoms with E-state index in [-0.39, 0.29) is 28.0 Å². The number of imide groups is 1. The standard InChI is InChI=1S/C20H15Cl2NO6S/c1-27-15-7-11(6-14(22)18(15)29-10-17(24)28-2)8-16-19(25)23(20(26)30-16)13-5-3-4-12(21)9-13/h3-9H,10H2,1-2H3/b16-8+. The number of carbonyl (C=O) groups is 3. The summed E-state index contributed by atoms with van der Waals surface area (Å²) in [5.74, 6) is -0.638. The summed E-state index contributed by atoms with van der Waals surface area (Å²) in [6.07, 6.45) is 1.52. The van der Waals surface area contributed by atoms with Crippen molar-refractivity contribution < 1.29 is 28.6 Å². The highest BCUT2D eigenvalue weighted by Crippen LogP contribution is 2.40. The molecular weight excluding hydrogens is 453 g/mol. The molecular formula is C20H15Cl2NO6S. The molecule has 0 radical (unpaired) electrons. The van der Waals surface area contributed by atoms with Crippen molar-refractivity contribution in [1.82, 2.24) is 0 Å². The Hall–Kier alpha value is -2.68. The molecule has 2 aromatic rings. The van der Waals surface area contributed by atoms with Crippen molar-refractivity contribution in [3.8, 4) is 11.5 Å². The molecule has 7 nitrogen and oxygen atoms in total. The number of esters is 1. The number of halogens is 2. The Morgan fingerprint density at radius 3 is 2.60 bits per heavy atom. The average Bonchev–Trinajstić information content (AvgIpc) is 2.99. The Morgan fingerprint density at radius 2 is 1.93 bits per heavy atom. The summed E-state index contributed by atoms with van der Waals surface area (Å²) in [7, 11) is 2.65. The van der Waals surface area contributed by atoms with E-state index in [2.05, 4.69) is 4.74 Å². The van der Waals surface area contributed by atoms with Gasteiger partial charge in [-0.25, -0.2) is 9.69 Å². The first-order valence-electron chi connectivity index (χ1n) is 8.44. The van der Waals surface area contributed by atoms with Gasteiger partial charge in [-0.3, -0.25) is 9.59 Å². The number of rotatable bonds is 6. The zero-order valence-corrected chi connectivity index (χ0v) is 18.1. The van der Waals surface area contributed by atoms with Crippen LogP contribution in [0.4, 0.5) is 10.5 Å². The lowest BCUT2D eigenvalue weighted by Crippen LogP contribution is -2.27. The number of thioether (sulfide) groups is 1. The van der Waals surface area contributed by atoms with Crippen LogP contribution >= 0.6 is 35.0 Å². The van der Waals surface area contributed by atoms with E-state index in [1.807, 2.05) is 0 Å². The van der Waals surface area contributed by atoms with Crippen molar-refractivity contribution in [2.24, 2.45) is 0 Å². The first kappa shape index (κ1) is 22.0. The maximum absolute atomic E-state index is 12.8. The van der Waals surface area contributed by atoms with Crippen LogP contribution < -0.4 is 14.4 Å². The van der Waals surface area contributed by atoms with Gasteiger partial charge >= 0.3 is 5.97 Å². The fraction of sp³-hybridized carbons (Fsp3) is 0.150. The van der Waals surface area contributed by atoms with Crippen LogP contribution in [0.3, 0.4) is 0 Å². The zero-order chi connectivity index (χ0) is 21.8. The summed E-state index contributed by atoms with van der Waals surface area (Å²) in [6.45, 7) is -0.343. The lowest BCUT2D eigenvalue weighted by atomic mass is 10.1. The highest BCUT2D eigenvalue weighted by Gasteiger charge is 2.36. The van der Waals surface area contributed by atoms with Gasteiger partial charge in [0.25, 0.3) is 11.1 Å². The van der Waals surface area contributed by atoms with Crippen LogP contribution in [-0.4, -0.2) is 37.9 Å². The van der Waals surface area contributed by atoms with Gasteiger partial charge in [-0.2, -0.15) is 0 Å². The molecule has 156 valence electrons. The van der Waals surface area contributed by atoms with Crippen LogP contribution in [0.2, 0.25) is 10.0 Å². The summed E-state index contributed by atoms with van der Waals surface area (Å²) in [6, 6.07) is 9.57. The van der Waals surface area contributed by atoms with Gasteiger partial charge in [-0.1, -0.05) is 29.3 Å². The van der Waals surface area contributed by atoms with Gasteiger partial charge in [0.2, 0.25) is 0 Å². The summed E-state index contributed by atoms with van der Waals surface area (Å²) >= 11 is 13.0. The summed E-state index contributed by atoms with van der Waals surface area (Å²) < 4.78 is 15.2. The summed E-state index contributed by atoms with van der Waals surface area (Å²) in [5.41, 5.74) is 0.898. The first-order valence-corrected chi connectivity index (χ1v) is 10.0. The molecule has 10 heteroatoms. The predicted molar refractivity (Wildman–Crippen MR) is 115 cm³/mol. The van der Waals surface area contributed by atoms with Gasteiger partial charge < -0.3 is 14.2 Å². The average molecular weight is 468 g/mol. The van der Waals surface area contributed by atoms with Crippen molar-refractivity contribution in [3.63, 3.8) is 0 Å². The largest absolute Gasteiger partial charge is 0.493 e. The third kappa shape index (κ3) is 4.72. The minimum absolute atomic E-state index is 0.161. The first-order chi connectivity index (χ1) is 14.3. The van der Waals surface area contributed by atoms with Crippen LogP contribution in [0.5, 0.6) is 11.5 Å². The number of methoxy groups -OCH3 is 2. The Bertz CT molecular complexity index is 1060. The third-order valence-electron chi connectivity index (χ3n) is 3.97. The van der Waals surface area contributed by atoms with Crippen molar-refractivity contribution >= 4 is 63.8 Å².